The van der Waals surface area contributed by atoms with E-state index in [0.29, 0.717) is 18.6 Å². The molecule has 1 aliphatic rings. The predicted octanol–water partition coefficient (Wildman–Crippen LogP) is 1.96. The van der Waals surface area contributed by atoms with Gasteiger partial charge >= 0.3 is 5.97 Å². The number of carboxylic acid groups (broad SMARTS) is 1. The van der Waals surface area contributed by atoms with E-state index in [1.165, 1.54) is 6.26 Å². The van der Waals surface area contributed by atoms with Crippen LogP contribution in [0.2, 0.25) is 0 Å². The topological polar surface area (TPSA) is 79.5 Å². The van der Waals surface area contributed by atoms with Crippen LogP contribution >= 0.6 is 0 Å². The number of carboxylic acids is 1. The van der Waals surface area contributed by atoms with Crippen LogP contribution in [0.15, 0.2) is 16.7 Å². The highest BCUT2D eigenvalue weighted by atomic mass is 16.4. The molecule has 1 aromatic heterocycles. The second-order valence-electron chi connectivity index (χ2n) is 4.80. The van der Waals surface area contributed by atoms with Gasteiger partial charge in [0.2, 0.25) is 0 Å². The van der Waals surface area contributed by atoms with Gasteiger partial charge in [-0.05, 0) is 32.3 Å². The third-order valence-corrected chi connectivity index (χ3v) is 3.43. The average molecular weight is 251 g/mol. The SMILES string of the molecule is Cc1ccoc1C(=O)NC1CCCC(C(=O)O)C1. The molecule has 5 heteroatoms. The van der Waals surface area contributed by atoms with Crippen molar-refractivity contribution in [1.82, 2.24) is 5.32 Å². The Bertz CT molecular complexity index is 452. The molecule has 0 radical (unpaired) electrons. The molecule has 0 saturated heterocycles. The number of carbonyl (C=O) groups is 2. The van der Waals surface area contributed by atoms with Crippen molar-refractivity contribution < 1.29 is 19.1 Å². The minimum Gasteiger partial charge on any atom is -0.481 e. The zero-order valence-electron chi connectivity index (χ0n) is 10.3. The predicted molar refractivity (Wildman–Crippen MR) is 64.3 cm³/mol. The van der Waals surface area contributed by atoms with Crippen LogP contribution in [-0.2, 0) is 4.79 Å². The van der Waals surface area contributed by atoms with Crippen LogP contribution in [0.3, 0.4) is 0 Å². The molecule has 1 aromatic rings. The third kappa shape index (κ3) is 2.72. The monoisotopic (exact) mass is 251 g/mol. The molecule has 1 fully saturated rings. The van der Waals surface area contributed by atoms with E-state index in [-0.39, 0.29) is 17.9 Å². The molecule has 2 unspecified atom stereocenters. The van der Waals surface area contributed by atoms with Crippen molar-refractivity contribution >= 4 is 11.9 Å². The van der Waals surface area contributed by atoms with Crippen molar-refractivity contribution in [2.75, 3.05) is 0 Å². The Morgan fingerprint density at radius 2 is 2.22 bits per heavy atom. The van der Waals surface area contributed by atoms with Crippen molar-refractivity contribution in [3.63, 3.8) is 0 Å². The van der Waals surface area contributed by atoms with Gasteiger partial charge in [-0.3, -0.25) is 9.59 Å². The fourth-order valence-electron chi connectivity index (χ4n) is 2.40. The Balaban J connectivity index is 1.95. The van der Waals surface area contributed by atoms with Crippen molar-refractivity contribution in [2.24, 2.45) is 5.92 Å². The Labute approximate surface area is 105 Å². The van der Waals surface area contributed by atoms with E-state index in [1.807, 2.05) is 0 Å². The molecule has 2 atom stereocenters. The average Bonchev–Trinajstić information content (AvgIpc) is 2.76. The molecule has 1 amide bonds. The Morgan fingerprint density at radius 3 is 2.83 bits per heavy atom. The van der Waals surface area contributed by atoms with Gasteiger partial charge in [0.15, 0.2) is 5.76 Å². The quantitative estimate of drug-likeness (QED) is 0.860. The summed E-state index contributed by atoms with van der Waals surface area (Å²) in [5.41, 5.74) is 0.790. The summed E-state index contributed by atoms with van der Waals surface area (Å²) in [6, 6.07) is 1.66. The summed E-state index contributed by atoms with van der Waals surface area (Å²) < 4.78 is 5.11. The summed E-state index contributed by atoms with van der Waals surface area (Å²) in [5.74, 6) is -1.06. The first-order valence-corrected chi connectivity index (χ1v) is 6.15. The Kier molecular flexibility index (Phi) is 3.69. The third-order valence-electron chi connectivity index (χ3n) is 3.43. The van der Waals surface area contributed by atoms with E-state index in [1.54, 1.807) is 13.0 Å². The highest BCUT2D eigenvalue weighted by Gasteiger charge is 2.28. The normalized spacial score (nSPS) is 23.6. The summed E-state index contributed by atoms with van der Waals surface area (Å²) in [6.07, 6.45) is 4.34. The van der Waals surface area contributed by atoms with Crippen LogP contribution in [0.4, 0.5) is 0 Å². The van der Waals surface area contributed by atoms with Gasteiger partial charge < -0.3 is 14.8 Å². The lowest BCUT2D eigenvalue weighted by molar-refractivity contribution is -0.143. The molecule has 98 valence electrons. The molecular weight excluding hydrogens is 234 g/mol. The first-order valence-electron chi connectivity index (χ1n) is 6.15. The van der Waals surface area contributed by atoms with E-state index < -0.39 is 5.97 Å². The number of hydrogen-bond donors (Lipinski definition) is 2. The fraction of sp³-hybridized carbons (Fsp3) is 0.538. The van der Waals surface area contributed by atoms with Gasteiger partial charge in [-0.2, -0.15) is 0 Å². The van der Waals surface area contributed by atoms with Crippen LogP contribution in [0.5, 0.6) is 0 Å². The first kappa shape index (κ1) is 12.7. The number of aryl methyl sites for hydroxylation is 1. The molecule has 18 heavy (non-hydrogen) atoms. The summed E-state index contributed by atoms with van der Waals surface area (Å²) in [5, 5.41) is 11.8. The van der Waals surface area contributed by atoms with Gasteiger partial charge in [0, 0.05) is 11.6 Å². The molecule has 1 aliphatic carbocycles. The zero-order chi connectivity index (χ0) is 13.1. The lowest BCUT2D eigenvalue weighted by atomic mass is 9.86. The lowest BCUT2D eigenvalue weighted by Gasteiger charge is -2.27. The second-order valence-corrected chi connectivity index (χ2v) is 4.80. The lowest BCUT2D eigenvalue weighted by Crippen LogP contribution is -2.40. The van der Waals surface area contributed by atoms with Gasteiger partial charge in [-0.15, -0.1) is 0 Å². The number of rotatable bonds is 3. The minimum atomic E-state index is -0.775. The highest BCUT2D eigenvalue weighted by molar-refractivity contribution is 5.93. The van der Waals surface area contributed by atoms with Crippen LogP contribution in [0.25, 0.3) is 0 Å². The summed E-state index contributed by atoms with van der Waals surface area (Å²) in [6.45, 7) is 1.80. The first-order chi connectivity index (χ1) is 8.58. The van der Waals surface area contributed by atoms with Gasteiger partial charge in [0.25, 0.3) is 5.91 Å². The Morgan fingerprint density at radius 1 is 1.44 bits per heavy atom. The zero-order valence-corrected chi connectivity index (χ0v) is 10.3. The maximum Gasteiger partial charge on any atom is 0.306 e. The van der Waals surface area contributed by atoms with E-state index in [9.17, 15) is 9.59 Å². The van der Waals surface area contributed by atoms with E-state index in [2.05, 4.69) is 5.32 Å². The van der Waals surface area contributed by atoms with Crippen molar-refractivity contribution in [2.45, 2.75) is 38.6 Å². The summed E-state index contributed by atoms with van der Waals surface area (Å²) in [7, 11) is 0. The summed E-state index contributed by atoms with van der Waals surface area (Å²) in [4.78, 5) is 22.9. The molecule has 0 aliphatic heterocycles. The van der Waals surface area contributed by atoms with Crippen molar-refractivity contribution in [3.8, 4) is 0 Å². The maximum atomic E-state index is 11.9. The van der Waals surface area contributed by atoms with Gasteiger partial charge in [0.05, 0.1) is 12.2 Å². The van der Waals surface area contributed by atoms with Gasteiger partial charge in [-0.1, -0.05) is 6.42 Å². The molecule has 0 aromatic carbocycles. The van der Waals surface area contributed by atoms with Crippen molar-refractivity contribution in [1.29, 1.82) is 0 Å². The molecule has 5 nitrogen and oxygen atoms in total. The smallest absolute Gasteiger partial charge is 0.306 e. The van der Waals surface area contributed by atoms with E-state index in [0.717, 1.165) is 18.4 Å². The van der Waals surface area contributed by atoms with E-state index in [4.69, 9.17) is 9.52 Å². The maximum absolute atomic E-state index is 11.9. The van der Waals surface area contributed by atoms with Crippen LogP contribution < -0.4 is 5.32 Å². The second kappa shape index (κ2) is 5.25. The molecule has 1 saturated carbocycles. The number of carbonyl (C=O) groups excluding carboxylic acids is 1. The number of amides is 1. The minimum absolute atomic E-state index is 0.0724. The highest BCUT2D eigenvalue weighted by Crippen LogP contribution is 2.24. The van der Waals surface area contributed by atoms with Crippen LogP contribution in [0.1, 0.15) is 41.8 Å². The van der Waals surface area contributed by atoms with Crippen LogP contribution in [0, 0.1) is 12.8 Å². The number of nitrogens with one attached hydrogen (secondary N) is 1. The summed E-state index contributed by atoms with van der Waals surface area (Å²) >= 11 is 0. The number of aliphatic carboxylic acids is 1. The molecule has 1 heterocycles. The number of hydrogen-bond acceptors (Lipinski definition) is 3. The molecule has 0 bridgehead atoms. The molecule has 2 N–H and O–H groups in total. The standard InChI is InChI=1S/C13H17NO4/c1-8-5-6-18-11(8)12(15)14-10-4-2-3-9(7-10)13(16)17/h5-6,9-10H,2-4,7H2,1H3,(H,14,15)(H,16,17). The fourth-order valence-corrected chi connectivity index (χ4v) is 2.40. The molecular formula is C13H17NO4. The Hall–Kier alpha value is -1.78. The molecule has 0 spiro atoms. The van der Waals surface area contributed by atoms with Gasteiger partial charge in [0.1, 0.15) is 0 Å². The number of furan rings is 1. The van der Waals surface area contributed by atoms with E-state index >= 15 is 0 Å². The largest absolute Gasteiger partial charge is 0.481 e. The van der Waals surface area contributed by atoms with Gasteiger partial charge in [-0.25, -0.2) is 0 Å². The molecule has 2 rings (SSSR count). The van der Waals surface area contributed by atoms with Crippen molar-refractivity contribution in [3.05, 3.63) is 23.7 Å². The van der Waals surface area contributed by atoms with Crippen LogP contribution in [-0.4, -0.2) is 23.0 Å².